The number of carbonyl (C=O) groups excluding carboxylic acids is 2. The molecule has 3 rings (SSSR count). The third-order valence-corrected chi connectivity index (χ3v) is 4.16. The van der Waals surface area contributed by atoms with Crippen LogP contribution in [0, 0.1) is 5.82 Å². The lowest BCUT2D eigenvalue weighted by Crippen LogP contribution is -2.29. The summed E-state index contributed by atoms with van der Waals surface area (Å²) in [4.78, 5) is 23.1. The summed E-state index contributed by atoms with van der Waals surface area (Å²) in [6.07, 6.45) is 1.53. The summed E-state index contributed by atoms with van der Waals surface area (Å²) in [6, 6.07) is 14.7. The summed E-state index contributed by atoms with van der Waals surface area (Å²) in [5.74, 6) is -1.57. The minimum atomic E-state index is -1.24. The van der Waals surface area contributed by atoms with E-state index < -0.39 is 22.5 Å². The van der Waals surface area contributed by atoms with Crippen molar-refractivity contribution in [3.05, 3.63) is 77.9 Å². The van der Waals surface area contributed by atoms with Gasteiger partial charge in [-0.2, -0.15) is 5.10 Å². The molecule has 1 aromatic heterocycles. The Balaban J connectivity index is 1.89. The van der Waals surface area contributed by atoms with E-state index in [0.29, 0.717) is 11.4 Å². The van der Waals surface area contributed by atoms with E-state index in [2.05, 4.69) is 15.7 Å². The average Bonchev–Trinajstić information content (AvgIpc) is 3.11. The van der Waals surface area contributed by atoms with Crippen LogP contribution < -0.4 is 10.6 Å². The molecule has 9 heteroatoms. The highest BCUT2D eigenvalue weighted by Gasteiger charge is 2.19. The van der Waals surface area contributed by atoms with E-state index >= 15 is 0 Å². The lowest BCUT2D eigenvalue weighted by Gasteiger charge is -2.07. The van der Waals surface area contributed by atoms with Crippen LogP contribution in [0.15, 0.2) is 60.8 Å². The Labute approximate surface area is 170 Å². The topological polar surface area (TPSA) is 76.0 Å². The van der Waals surface area contributed by atoms with Crippen LogP contribution in [0.25, 0.3) is 5.69 Å². The van der Waals surface area contributed by atoms with Crippen molar-refractivity contribution in [2.45, 2.75) is 11.4 Å². The van der Waals surface area contributed by atoms with E-state index in [1.165, 1.54) is 29.1 Å². The Kier molecular flexibility index (Phi) is 6.28. The molecule has 0 aliphatic rings. The van der Waals surface area contributed by atoms with Crippen molar-refractivity contribution in [2.75, 3.05) is 5.32 Å². The zero-order valence-electron chi connectivity index (χ0n) is 14.4. The van der Waals surface area contributed by atoms with Crippen molar-refractivity contribution in [2.24, 2.45) is 0 Å². The van der Waals surface area contributed by atoms with E-state index in [0.717, 1.165) is 5.69 Å². The number of amides is 2. The summed E-state index contributed by atoms with van der Waals surface area (Å²) in [6.45, 7) is -0.0550. The van der Waals surface area contributed by atoms with Gasteiger partial charge in [0.2, 0.25) is 0 Å². The molecule has 144 valence electrons. The predicted molar refractivity (Wildman–Crippen MR) is 105 cm³/mol. The van der Waals surface area contributed by atoms with E-state index in [4.69, 9.17) is 23.2 Å². The van der Waals surface area contributed by atoms with Gasteiger partial charge in [0.25, 0.3) is 11.8 Å². The van der Waals surface area contributed by atoms with Gasteiger partial charge in [0.15, 0.2) is 4.84 Å². The van der Waals surface area contributed by atoms with Crippen LogP contribution >= 0.6 is 23.2 Å². The highest BCUT2D eigenvalue weighted by atomic mass is 35.5. The molecule has 0 saturated carbocycles. The van der Waals surface area contributed by atoms with Gasteiger partial charge < -0.3 is 10.6 Å². The summed E-state index contributed by atoms with van der Waals surface area (Å²) >= 11 is 11.1. The van der Waals surface area contributed by atoms with E-state index in [1.807, 2.05) is 30.3 Å². The summed E-state index contributed by atoms with van der Waals surface area (Å²) < 4.78 is 14.9. The van der Waals surface area contributed by atoms with Gasteiger partial charge in [0, 0.05) is 11.9 Å². The number of halogens is 3. The third kappa shape index (κ3) is 4.88. The number of carbonyl (C=O) groups is 2. The van der Waals surface area contributed by atoms with Crippen LogP contribution in [0.2, 0.25) is 0 Å². The smallest absolute Gasteiger partial charge is 0.259 e. The molecule has 2 aromatic carbocycles. The molecule has 1 heterocycles. The number of aromatic nitrogens is 2. The highest BCUT2D eigenvalue weighted by molar-refractivity contribution is 6.53. The van der Waals surface area contributed by atoms with Gasteiger partial charge >= 0.3 is 0 Å². The maximum atomic E-state index is 13.4. The maximum absolute atomic E-state index is 13.4. The fourth-order valence-corrected chi connectivity index (χ4v) is 2.61. The second-order valence-corrected chi connectivity index (χ2v) is 6.85. The number of benzene rings is 2. The fourth-order valence-electron chi connectivity index (χ4n) is 2.46. The molecule has 0 bridgehead atoms. The van der Waals surface area contributed by atoms with Crippen molar-refractivity contribution < 1.29 is 14.0 Å². The number of nitrogens with zero attached hydrogens (tertiary/aromatic N) is 2. The van der Waals surface area contributed by atoms with Crippen molar-refractivity contribution in [1.29, 1.82) is 0 Å². The van der Waals surface area contributed by atoms with Crippen LogP contribution in [0.5, 0.6) is 0 Å². The molecule has 0 atom stereocenters. The molecular weight excluding hydrogens is 406 g/mol. The largest absolute Gasteiger partial charge is 0.348 e. The van der Waals surface area contributed by atoms with Gasteiger partial charge in [-0.1, -0.05) is 47.5 Å². The lowest BCUT2D eigenvalue weighted by molar-refractivity contribution is -0.119. The molecule has 28 heavy (non-hydrogen) atoms. The monoisotopic (exact) mass is 420 g/mol. The van der Waals surface area contributed by atoms with Crippen molar-refractivity contribution in [3.8, 4) is 5.69 Å². The van der Waals surface area contributed by atoms with E-state index in [-0.39, 0.29) is 12.1 Å². The Bertz CT molecular complexity index is 993. The number of nitrogens with one attached hydrogen (secondary N) is 2. The zero-order chi connectivity index (χ0) is 20.1. The first kappa shape index (κ1) is 19.9. The van der Waals surface area contributed by atoms with Crippen molar-refractivity contribution >= 4 is 40.7 Å². The second-order valence-electron chi connectivity index (χ2n) is 5.75. The molecule has 0 unspecified atom stereocenters. The van der Waals surface area contributed by atoms with Crippen molar-refractivity contribution in [3.63, 3.8) is 0 Å². The number of para-hydroxylation sites is 1. The Morgan fingerprint density at radius 2 is 1.86 bits per heavy atom. The predicted octanol–water partition coefficient (Wildman–Crippen LogP) is 3.68. The first-order chi connectivity index (χ1) is 13.4. The van der Waals surface area contributed by atoms with Crippen molar-refractivity contribution in [1.82, 2.24) is 15.1 Å². The molecule has 2 N–H and O–H groups in total. The molecule has 3 aromatic rings. The number of alkyl halides is 2. The van der Waals surface area contributed by atoms with Crippen LogP contribution in [-0.4, -0.2) is 26.4 Å². The quantitative estimate of drug-likeness (QED) is 0.597. The minimum Gasteiger partial charge on any atom is -0.348 e. The van der Waals surface area contributed by atoms with Gasteiger partial charge in [0.1, 0.15) is 5.82 Å². The Morgan fingerprint density at radius 1 is 1.11 bits per heavy atom. The number of hydrogen-bond acceptors (Lipinski definition) is 3. The molecule has 6 nitrogen and oxygen atoms in total. The first-order valence-electron chi connectivity index (χ1n) is 8.21. The Morgan fingerprint density at radius 3 is 2.54 bits per heavy atom. The van der Waals surface area contributed by atoms with Crippen LogP contribution in [-0.2, 0) is 11.3 Å². The molecular formula is C19H15Cl2FN4O2. The van der Waals surface area contributed by atoms with E-state index in [9.17, 15) is 14.0 Å². The average molecular weight is 421 g/mol. The minimum absolute atomic E-state index is 0.0550. The number of hydrogen-bond donors (Lipinski definition) is 2. The summed E-state index contributed by atoms with van der Waals surface area (Å²) in [5, 5.41) is 9.50. The van der Waals surface area contributed by atoms with Gasteiger partial charge in [-0.25, -0.2) is 9.07 Å². The summed E-state index contributed by atoms with van der Waals surface area (Å²) in [5.41, 5.74) is 1.55. The molecule has 0 fully saturated rings. The molecule has 0 aliphatic heterocycles. The SMILES string of the molecule is O=C(Nc1cccc(F)c1)c1cn(-c2ccccc2)nc1CNC(=O)C(Cl)Cl. The second kappa shape index (κ2) is 8.86. The van der Waals surface area contributed by atoms with Gasteiger partial charge in [-0.05, 0) is 30.3 Å². The standard InChI is InChI=1S/C19H15Cl2FN4O2/c20-17(21)19(28)23-10-16-15(11-26(25-16)14-7-2-1-3-8-14)18(27)24-13-6-4-5-12(22)9-13/h1-9,11,17H,10H2,(H,23,28)(H,24,27). The third-order valence-electron chi connectivity index (χ3n) is 3.77. The van der Waals surface area contributed by atoms with Gasteiger partial charge in [0.05, 0.1) is 23.5 Å². The lowest BCUT2D eigenvalue weighted by atomic mass is 10.2. The molecule has 0 spiro atoms. The van der Waals surface area contributed by atoms with Gasteiger partial charge in [-0.3, -0.25) is 9.59 Å². The van der Waals surface area contributed by atoms with E-state index in [1.54, 1.807) is 6.07 Å². The zero-order valence-corrected chi connectivity index (χ0v) is 15.9. The highest BCUT2D eigenvalue weighted by Crippen LogP contribution is 2.16. The first-order valence-corrected chi connectivity index (χ1v) is 9.08. The van der Waals surface area contributed by atoms with Crippen LogP contribution in [0.1, 0.15) is 16.1 Å². The number of anilines is 1. The molecule has 0 aliphatic carbocycles. The summed E-state index contributed by atoms with van der Waals surface area (Å²) in [7, 11) is 0. The Hall–Kier alpha value is -2.90. The van der Waals surface area contributed by atoms with Crippen LogP contribution in [0.3, 0.4) is 0 Å². The maximum Gasteiger partial charge on any atom is 0.259 e. The molecule has 2 amide bonds. The van der Waals surface area contributed by atoms with Crippen LogP contribution in [0.4, 0.5) is 10.1 Å². The fraction of sp³-hybridized carbons (Fsp3) is 0.105. The molecule has 0 radical (unpaired) electrons. The number of rotatable bonds is 6. The van der Waals surface area contributed by atoms with Gasteiger partial charge in [-0.15, -0.1) is 0 Å². The normalized spacial score (nSPS) is 10.7. The molecule has 0 saturated heterocycles.